The third kappa shape index (κ3) is 7.91. The van der Waals surface area contributed by atoms with Crippen molar-refractivity contribution in [3.05, 3.63) is 0 Å². The fraction of sp³-hybridized carbons (Fsp3) is 0.875. The van der Waals surface area contributed by atoms with Crippen molar-refractivity contribution >= 4 is 17.3 Å². The summed E-state index contributed by atoms with van der Waals surface area (Å²) in [5.41, 5.74) is 10.6. The molecule has 0 aliphatic heterocycles. The van der Waals surface area contributed by atoms with Crippen LogP contribution in [0.2, 0.25) is 0 Å². The number of nitrogens with two attached hydrogens (primary N) is 2. The van der Waals surface area contributed by atoms with Crippen molar-refractivity contribution in [1.29, 1.82) is 0 Å². The summed E-state index contributed by atoms with van der Waals surface area (Å²) in [6.07, 6.45) is 4.12. The van der Waals surface area contributed by atoms with Crippen LogP contribution in [0.3, 0.4) is 0 Å². The van der Waals surface area contributed by atoms with Gasteiger partial charge in [-0.15, -0.1) is 0 Å². The number of hydrogen-bond donors (Lipinski definition) is 2. The Hall–Kier alpha value is -0.190. The quantitative estimate of drug-likeness (QED) is 0.460. The van der Waals surface area contributed by atoms with Gasteiger partial charge in [-0.1, -0.05) is 6.42 Å². The van der Waals surface area contributed by atoms with Crippen LogP contribution in [0.15, 0.2) is 0 Å². The van der Waals surface area contributed by atoms with Gasteiger partial charge in [0, 0.05) is 13.0 Å². The van der Waals surface area contributed by atoms with Crippen molar-refractivity contribution in [2.24, 2.45) is 11.5 Å². The molecular formula is C8H18N2OS. The largest absolute Gasteiger partial charge is 0.486 e. The molecule has 0 aliphatic carbocycles. The lowest BCUT2D eigenvalue weighted by Crippen LogP contribution is -2.12. The summed E-state index contributed by atoms with van der Waals surface area (Å²) in [5.74, 6) is 0. The Morgan fingerprint density at radius 2 is 1.83 bits per heavy atom. The molecule has 0 bridgehead atoms. The predicted octanol–water partition coefficient (Wildman–Crippen LogP) is 0.808. The summed E-state index contributed by atoms with van der Waals surface area (Å²) in [4.78, 5) is 0. The molecule has 0 heterocycles. The molecule has 12 heavy (non-hydrogen) atoms. The van der Waals surface area contributed by atoms with Crippen molar-refractivity contribution in [3.8, 4) is 0 Å². The van der Waals surface area contributed by atoms with E-state index < -0.39 is 0 Å². The second-order valence-electron chi connectivity index (χ2n) is 2.61. The van der Waals surface area contributed by atoms with Crippen LogP contribution in [0.1, 0.15) is 25.7 Å². The van der Waals surface area contributed by atoms with E-state index in [-0.39, 0.29) is 0 Å². The molecule has 0 atom stereocenters. The Morgan fingerprint density at radius 1 is 1.08 bits per heavy atom. The fourth-order valence-corrected chi connectivity index (χ4v) is 1.06. The third-order valence-corrected chi connectivity index (χ3v) is 1.79. The zero-order valence-electron chi connectivity index (χ0n) is 7.42. The second kappa shape index (κ2) is 8.90. The first-order chi connectivity index (χ1) is 5.81. The molecule has 0 aromatic carbocycles. The first-order valence-corrected chi connectivity index (χ1v) is 4.78. The van der Waals surface area contributed by atoms with E-state index in [0.717, 1.165) is 32.2 Å². The van der Waals surface area contributed by atoms with E-state index in [1.807, 2.05) is 0 Å². The summed E-state index contributed by atoms with van der Waals surface area (Å²) in [5, 5.41) is 0.678. The summed E-state index contributed by atoms with van der Waals surface area (Å²) in [6, 6.07) is 0. The zero-order chi connectivity index (χ0) is 9.23. The van der Waals surface area contributed by atoms with Crippen molar-refractivity contribution < 1.29 is 4.74 Å². The van der Waals surface area contributed by atoms with Gasteiger partial charge in [0.25, 0.3) is 0 Å². The van der Waals surface area contributed by atoms with Gasteiger partial charge in [-0.2, -0.15) is 0 Å². The molecule has 4 N–H and O–H groups in total. The molecule has 72 valence electrons. The molecular weight excluding hydrogens is 172 g/mol. The maximum atomic E-state index is 5.34. The van der Waals surface area contributed by atoms with Gasteiger partial charge < -0.3 is 16.2 Å². The van der Waals surface area contributed by atoms with Crippen LogP contribution in [-0.2, 0) is 4.74 Å². The van der Waals surface area contributed by atoms with Crippen LogP contribution in [0, 0.1) is 0 Å². The number of hydrogen-bond acceptors (Lipinski definition) is 4. The summed E-state index contributed by atoms with van der Waals surface area (Å²) < 4.78 is 5.15. The Kier molecular flexibility index (Phi) is 8.76. The van der Waals surface area contributed by atoms with Gasteiger partial charge >= 0.3 is 0 Å². The zero-order valence-corrected chi connectivity index (χ0v) is 8.24. The minimum Gasteiger partial charge on any atom is -0.486 e. The first-order valence-electron chi connectivity index (χ1n) is 4.37. The van der Waals surface area contributed by atoms with E-state index in [1.54, 1.807) is 0 Å². The predicted molar refractivity (Wildman–Crippen MR) is 55.1 cm³/mol. The molecule has 0 spiro atoms. The molecule has 0 rings (SSSR count). The number of thiocarbonyl (C=S) groups is 1. The van der Waals surface area contributed by atoms with Crippen LogP contribution in [0.4, 0.5) is 0 Å². The number of unbranched alkanes of at least 4 members (excludes halogenated alkanes) is 2. The Balaban J connectivity index is 3.08. The minimum absolute atomic E-state index is 0.531. The molecule has 0 aliphatic rings. The van der Waals surface area contributed by atoms with Crippen molar-refractivity contribution in [2.75, 3.05) is 19.7 Å². The van der Waals surface area contributed by atoms with E-state index in [2.05, 4.69) is 0 Å². The monoisotopic (exact) mass is 190 g/mol. The highest BCUT2D eigenvalue weighted by molar-refractivity contribution is 7.80. The van der Waals surface area contributed by atoms with Crippen LogP contribution >= 0.6 is 12.2 Å². The van der Waals surface area contributed by atoms with Crippen molar-refractivity contribution in [2.45, 2.75) is 25.7 Å². The molecule has 0 fully saturated rings. The standard InChI is InChI=1S/C8H18N2OS/c9-5-3-1-2-4-8(12)11-7-6-10/h1-7,9-10H2. The highest BCUT2D eigenvalue weighted by atomic mass is 32.1. The van der Waals surface area contributed by atoms with Gasteiger partial charge in [0.2, 0.25) is 0 Å². The van der Waals surface area contributed by atoms with Gasteiger partial charge in [0.15, 0.2) is 5.05 Å². The molecule has 4 heteroatoms. The van der Waals surface area contributed by atoms with Crippen LogP contribution < -0.4 is 11.5 Å². The lowest BCUT2D eigenvalue weighted by atomic mass is 10.2. The van der Waals surface area contributed by atoms with Crippen molar-refractivity contribution in [1.82, 2.24) is 0 Å². The highest BCUT2D eigenvalue weighted by Crippen LogP contribution is 2.01. The normalized spacial score (nSPS) is 9.83. The molecule has 0 radical (unpaired) electrons. The maximum Gasteiger partial charge on any atom is 0.159 e. The Morgan fingerprint density at radius 3 is 2.42 bits per heavy atom. The molecule has 0 amide bonds. The summed E-state index contributed by atoms with van der Waals surface area (Å²) >= 11 is 4.96. The average molecular weight is 190 g/mol. The van der Waals surface area contributed by atoms with Gasteiger partial charge in [-0.3, -0.25) is 0 Å². The van der Waals surface area contributed by atoms with E-state index >= 15 is 0 Å². The Bertz CT molecular complexity index is 120. The first kappa shape index (κ1) is 11.8. The highest BCUT2D eigenvalue weighted by Gasteiger charge is 1.96. The van der Waals surface area contributed by atoms with Crippen LogP contribution in [-0.4, -0.2) is 24.7 Å². The molecule has 0 aromatic heterocycles. The summed E-state index contributed by atoms with van der Waals surface area (Å²) in [6.45, 7) is 1.83. The maximum absolute atomic E-state index is 5.34. The van der Waals surface area contributed by atoms with E-state index in [4.69, 9.17) is 28.4 Å². The van der Waals surface area contributed by atoms with Gasteiger partial charge in [-0.25, -0.2) is 0 Å². The van der Waals surface area contributed by atoms with Crippen LogP contribution in [0.5, 0.6) is 0 Å². The number of rotatable bonds is 7. The molecule has 0 unspecified atom stereocenters. The smallest absolute Gasteiger partial charge is 0.159 e. The minimum atomic E-state index is 0.531. The van der Waals surface area contributed by atoms with Gasteiger partial charge in [0.05, 0.1) is 0 Å². The van der Waals surface area contributed by atoms with E-state index in [1.165, 1.54) is 0 Å². The van der Waals surface area contributed by atoms with E-state index in [9.17, 15) is 0 Å². The molecule has 0 saturated heterocycles. The second-order valence-corrected chi connectivity index (χ2v) is 3.06. The fourth-order valence-electron chi connectivity index (χ4n) is 0.835. The molecule has 3 nitrogen and oxygen atoms in total. The Labute approximate surface area is 79.4 Å². The average Bonchev–Trinajstić information content (AvgIpc) is 2.09. The van der Waals surface area contributed by atoms with Gasteiger partial charge in [-0.05, 0) is 31.6 Å². The molecule has 0 aromatic rings. The van der Waals surface area contributed by atoms with Crippen molar-refractivity contribution in [3.63, 3.8) is 0 Å². The lowest BCUT2D eigenvalue weighted by Gasteiger charge is -2.04. The topological polar surface area (TPSA) is 61.3 Å². The molecule has 0 saturated carbocycles. The van der Waals surface area contributed by atoms with Crippen LogP contribution in [0.25, 0.3) is 0 Å². The third-order valence-electron chi connectivity index (χ3n) is 1.47. The summed E-state index contributed by atoms with van der Waals surface area (Å²) in [7, 11) is 0. The SMILES string of the molecule is NCCCCCC(=S)OCCN. The number of ether oxygens (including phenoxy) is 1. The lowest BCUT2D eigenvalue weighted by molar-refractivity contribution is 0.314. The van der Waals surface area contributed by atoms with E-state index in [0.29, 0.717) is 18.2 Å². The van der Waals surface area contributed by atoms with Gasteiger partial charge in [0.1, 0.15) is 6.61 Å².